The quantitative estimate of drug-likeness (QED) is 0.629. The number of benzene rings is 1. The van der Waals surface area contributed by atoms with Crippen LogP contribution in [0.1, 0.15) is 17.0 Å². The third-order valence-electron chi connectivity index (χ3n) is 4.51. The fraction of sp³-hybridized carbons (Fsp3) is 0.333. The molecule has 2 N–H and O–H groups in total. The number of aryl methyl sites for hydroxylation is 1. The summed E-state index contributed by atoms with van der Waals surface area (Å²) in [7, 11) is 0. The number of fused-ring (bicyclic) bond motifs is 3. The largest absolute Gasteiger partial charge is 0.334 e. The molecule has 0 saturated carbocycles. The molecule has 0 radical (unpaired) electrons. The van der Waals surface area contributed by atoms with E-state index in [2.05, 4.69) is 48.2 Å². The molecule has 0 fully saturated rings. The molecule has 0 saturated heterocycles. The molecule has 2 aromatic heterocycles. The molecule has 0 aliphatic carbocycles. The van der Waals surface area contributed by atoms with E-state index in [1.54, 1.807) is 0 Å². The molecule has 26 heavy (non-hydrogen) atoms. The number of rotatable bonds is 3. The number of aromatic nitrogens is 2. The third-order valence-corrected chi connectivity index (χ3v) is 6.03. The zero-order valence-electron chi connectivity index (χ0n) is 14.3. The molecule has 1 aliphatic heterocycles. The zero-order chi connectivity index (χ0) is 17.4. The van der Waals surface area contributed by atoms with Crippen molar-refractivity contribution >= 4 is 61.6 Å². The molecule has 1 aromatic carbocycles. The highest BCUT2D eigenvalue weighted by molar-refractivity contribution is 9.10. The number of amides is 1. The van der Waals surface area contributed by atoms with Gasteiger partial charge in [-0.3, -0.25) is 4.79 Å². The summed E-state index contributed by atoms with van der Waals surface area (Å²) in [6, 6.07) is 6.26. The Labute approximate surface area is 170 Å². The Morgan fingerprint density at radius 2 is 2.19 bits per heavy atom. The Hall–Kier alpha value is -1.41. The van der Waals surface area contributed by atoms with Crippen molar-refractivity contribution in [2.75, 3.05) is 18.4 Å². The third kappa shape index (κ3) is 3.67. The number of thiazole rings is 1. The maximum absolute atomic E-state index is 12.6. The second kappa shape index (κ2) is 8.08. The van der Waals surface area contributed by atoms with Gasteiger partial charge in [-0.2, -0.15) is 0 Å². The van der Waals surface area contributed by atoms with Crippen molar-refractivity contribution in [2.24, 2.45) is 0 Å². The van der Waals surface area contributed by atoms with Gasteiger partial charge in [0.25, 0.3) is 0 Å². The number of hydrogen-bond acceptors (Lipinski definition) is 4. The van der Waals surface area contributed by atoms with E-state index >= 15 is 0 Å². The van der Waals surface area contributed by atoms with E-state index in [0.29, 0.717) is 11.7 Å². The lowest BCUT2D eigenvalue weighted by Crippen LogP contribution is -2.21. The maximum atomic E-state index is 12.6. The smallest absolute Gasteiger partial charge is 0.246 e. The van der Waals surface area contributed by atoms with Crippen LogP contribution in [0.15, 0.2) is 28.1 Å². The highest BCUT2D eigenvalue weighted by Gasteiger charge is 2.21. The van der Waals surface area contributed by atoms with Crippen molar-refractivity contribution < 1.29 is 4.79 Å². The van der Waals surface area contributed by atoms with Gasteiger partial charge in [-0.1, -0.05) is 12.1 Å². The first-order valence-corrected chi connectivity index (χ1v) is 10.0. The number of carbonyl (C=O) groups is 1. The fourth-order valence-corrected chi connectivity index (χ4v) is 4.77. The summed E-state index contributed by atoms with van der Waals surface area (Å²) in [5, 5.41) is 10.2. The maximum Gasteiger partial charge on any atom is 0.246 e. The summed E-state index contributed by atoms with van der Waals surface area (Å²) < 4.78 is 3.20. The van der Waals surface area contributed by atoms with Crippen LogP contribution < -0.4 is 10.6 Å². The van der Waals surface area contributed by atoms with Crippen LogP contribution in [0.4, 0.5) is 5.13 Å². The van der Waals surface area contributed by atoms with Gasteiger partial charge >= 0.3 is 0 Å². The van der Waals surface area contributed by atoms with Crippen LogP contribution in [-0.2, 0) is 24.2 Å². The highest BCUT2D eigenvalue weighted by Crippen LogP contribution is 2.33. The van der Waals surface area contributed by atoms with Crippen LogP contribution in [0.5, 0.6) is 0 Å². The molecule has 5 nitrogen and oxygen atoms in total. The lowest BCUT2D eigenvalue weighted by molar-refractivity contribution is -0.116. The van der Waals surface area contributed by atoms with E-state index in [0.717, 1.165) is 41.6 Å². The fourth-order valence-electron chi connectivity index (χ4n) is 3.48. The number of anilines is 1. The molecule has 0 atom stereocenters. The summed E-state index contributed by atoms with van der Waals surface area (Å²) in [5.74, 6) is -0.0398. The van der Waals surface area contributed by atoms with Crippen LogP contribution in [0, 0.1) is 6.92 Å². The first-order chi connectivity index (χ1) is 12.1. The number of halogens is 2. The van der Waals surface area contributed by atoms with Gasteiger partial charge in [-0.15, -0.1) is 23.7 Å². The van der Waals surface area contributed by atoms with Gasteiger partial charge < -0.3 is 15.2 Å². The van der Waals surface area contributed by atoms with E-state index < -0.39 is 0 Å². The summed E-state index contributed by atoms with van der Waals surface area (Å²) in [5.41, 5.74) is 4.66. The molecule has 3 aromatic rings. The highest BCUT2D eigenvalue weighted by atomic mass is 79.9. The van der Waals surface area contributed by atoms with E-state index in [-0.39, 0.29) is 18.3 Å². The molecular weight excluding hydrogens is 436 g/mol. The van der Waals surface area contributed by atoms with Gasteiger partial charge in [-0.05, 0) is 47.4 Å². The molecule has 0 unspecified atom stereocenters. The van der Waals surface area contributed by atoms with Gasteiger partial charge in [0.05, 0.1) is 11.2 Å². The number of nitrogens with zero attached hydrogens (tertiary/aromatic N) is 2. The minimum atomic E-state index is -0.0398. The van der Waals surface area contributed by atoms with Crippen LogP contribution in [0.2, 0.25) is 0 Å². The molecule has 0 bridgehead atoms. The van der Waals surface area contributed by atoms with Crippen LogP contribution in [0.3, 0.4) is 0 Å². The molecule has 138 valence electrons. The van der Waals surface area contributed by atoms with E-state index in [1.807, 2.05) is 18.4 Å². The second-order valence-electron chi connectivity index (χ2n) is 6.24. The van der Waals surface area contributed by atoms with Gasteiger partial charge in [-0.25, -0.2) is 4.98 Å². The molecule has 8 heteroatoms. The zero-order valence-corrected chi connectivity index (χ0v) is 17.6. The van der Waals surface area contributed by atoms with Crippen molar-refractivity contribution in [3.63, 3.8) is 0 Å². The molecular formula is C18H20BrClN4OS. The first kappa shape index (κ1) is 19.4. The normalized spacial score (nSPS) is 13.8. The average Bonchev–Trinajstić information content (AvgIpc) is 3.00. The van der Waals surface area contributed by atoms with E-state index in [9.17, 15) is 4.79 Å². The molecule has 1 amide bonds. The van der Waals surface area contributed by atoms with E-state index in [1.165, 1.54) is 28.0 Å². The average molecular weight is 456 g/mol. The van der Waals surface area contributed by atoms with Gasteiger partial charge in [0.1, 0.15) is 6.54 Å². The lowest BCUT2D eigenvalue weighted by atomic mass is 10.1. The standard InChI is InChI=1S/C18H19BrN4OS.ClH/c1-11-10-25-18(21-11)22-16(24)9-23-15-6-8-20-7-5-12(15)13-3-2-4-14(19)17(13)23;/h2-4,10,20H,5-9H2,1H3,(H,21,22,24);1H. The SMILES string of the molecule is Cc1csc(NC(=O)Cn2c3c(c4cccc(Br)c42)CCNCC3)n1.Cl. The number of hydrogen-bond donors (Lipinski definition) is 2. The molecule has 3 heterocycles. The lowest BCUT2D eigenvalue weighted by Gasteiger charge is -2.11. The second-order valence-corrected chi connectivity index (χ2v) is 7.95. The predicted molar refractivity (Wildman–Crippen MR) is 113 cm³/mol. The van der Waals surface area contributed by atoms with Crippen molar-refractivity contribution in [2.45, 2.75) is 26.3 Å². The van der Waals surface area contributed by atoms with Gasteiger partial charge in [0, 0.05) is 33.9 Å². The van der Waals surface area contributed by atoms with Crippen molar-refractivity contribution in [1.82, 2.24) is 14.9 Å². The number of carbonyl (C=O) groups excluding carboxylic acids is 1. The molecule has 4 rings (SSSR count). The summed E-state index contributed by atoms with van der Waals surface area (Å²) in [4.78, 5) is 16.9. The van der Waals surface area contributed by atoms with Crippen molar-refractivity contribution in [3.05, 3.63) is 45.0 Å². The summed E-state index contributed by atoms with van der Waals surface area (Å²) in [6.07, 6.45) is 1.92. The Bertz CT molecular complexity index is 952. The Kier molecular flexibility index (Phi) is 6.02. The van der Waals surface area contributed by atoms with Crippen LogP contribution in [-0.4, -0.2) is 28.5 Å². The van der Waals surface area contributed by atoms with Crippen molar-refractivity contribution in [1.29, 1.82) is 0 Å². The molecule has 0 spiro atoms. The topological polar surface area (TPSA) is 59.0 Å². The Morgan fingerprint density at radius 1 is 1.38 bits per heavy atom. The minimum Gasteiger partial charge on any atom is -0.334 e. The Balaban J connectivity index is 0.00000196. The summed E-state index contributed by atoms with van der Waals surface area (Å²) in [6.45, 7) is 4.14. The van der Waals surface area contributed by atoms with Crippen molar-refractivity contribution in [3.8, 4) is 0 Å². The number of para-hydroxylation sites is 1. The number of nitrogens with one attached hydrogen (secondary N) is 2. The van der Waals surface area contributed by atoms with Crippen LogP contribution >= 0.6 is 39.7 Å². The first-order valence-electron chi connectivity index (χ1n) is 8.34. The predicted octanol–water partition coefficient (Wildman–Crippen LogP) is 3.92. The van der Waals surface area contributed by atoms with Gasteiger partial charge in [0.2, 0.25) is 5.91 Å². The molecule has 1 aliphatic rings. The van der Waals surface area contributed by atoms with E-state index in [4.69, 9.17) is 0 Å². The van der Waals surface area contributed by atoms with Crippen LogP contribution in [0.25, 0.3) is 10.9 Å². The summed E-state index contributed by atoms with van der Waals surface area (Å²) >= 11 is 5.13. The monoisotopic (exact) mass is 454 g/mol. The van der Waals surface area contributed by atoms with Gasteiger partial charge in [0.15, 0.2) is 5.13 Å². The Morgan fingerprint density at radius 3 is 2.96 bits per heavy atom. The minimum absolute atomic E-state index is 0.